The summed E-state index contributed by atoms with van der Waals surface area (Å²) in [5.74, 6) is -0.0517. The molecule has 0 aromatic heterocycles. The van der Waals surface area contributed by atoms with E-state index in [1.807, 2.05) is 55.5 Å². The largest absolute Gasteiger partial charge is 0.351 e. The highest BCUT2D eigenvalue weighted by Gasteiger charge is 2.13. The zero-order chi connectivity index (χ0) is 14.5. The van der Waals surface area contributed by atoms with Gasteiger partial charge in [-0.1, -0.05) is 68.3 Å². The lowest BCUT2D eigenvalue weighted by Gasteiger charge is -2.13. The predicted molar refractivity (Wildman–Crippen MR) is 89.3 cm³/mol. The average molecular weight is 397 g/mol. The summed E-state index contributed by atoms with van der Waals surface area (Å²) in [4.78, 5) is 12.3. The van der Waals surface area contributed by atoms with Crippen molar-refractivity contribution in [2.24, 2.45) is 0 Å². The van der Waals surface area contributed by atoms with Gasteiger partial charge >= 0.3 is 0 Å². The zero-order valence-corrected chi connectivity index (χ0v) is 14.2. The Morgan fingerprint density at radius 1 is 1.15 bits per heavy atom. The first kappa shape index (κ1) is 15.3. The summed E-state index contributed by atoms with van der Waals surface area (Å²) in [6.07, 6.45) is 0. The van der Waals surface area contributed by atoms with Crippen molar-refractivity contribution in [1.82, 2.24) is 5.32 Å². The summed E-state index contributed by atoms with van der Waals surface area (Å²) >= 11 is 7.04. The molecule has 0 spiro atoms. The fourth-order valence-corrected chi connectivity index (χ4v) is 2.74. The van der Waals surface area contributed by atoms with Gasteiger partial charge in [0.05, 0.1) is 4.83 Å². The smallest absolute Gasteiger partial charge is 0.251 e. The van der Waals surface area contributed by atoms with Gasteiger partial charge in [-0.05, 0) is 30.2 Å². The number of benzene rings is 2. The van der Waals surface area contributed by atoms with Gasteiger partial charge < -0.3 is 5.32 Å². The Bertz CT molecular complexity index is 599. The minimum absolute atomic E-state index is 0.0517. The van der Waals surface area contributed by atoms with Crippen LogP contribution in [0.2, 0.25) is 0 Å². The number of hydrogen-bond donors (Lipinski definition) is 1. The zero-order valence-electron chi connectivity index (χ0n) is 11.1. The van der Waals surface area contributed by atoms with Crippen molar-refractivity contribution >= 4 is 37.8 Å². The van der Waals surface area contributed by atoms with E-state index >= 15 is 0 Å². The Balaban J connectivity index is 2.01. The molecule has 0 saturated carbocycles. The number of halogens is 2. The molecule has 0 heterocycles. The van der Waals surface area contributed by atoms with Crippen molar-refractivity contribution in [1.29, 1.82) is 0 Å². The Morgan fingerprint density at radius 3 is 2.55 bits per heavy atom. The third-order valence-electron chi connectivity index (χ3n) is 3.12. The molecule has 1 unspecified atom stereocenters. The number of rotatable bonds is 4. The molecular weight excluding hydrogens is 382 g/mol. The summed E-state index contributed by atoms with van der Waals surface area (Å²) in [6, 6.07) is 15.7. The Kier molecular flexibility index (Phi) is 5.38. The first-order valence-corrected chi connectivity index (χ1v) is 8.03. The summed E-state index contributed by atoms with van der Waals surface area (Å²) in [7, 11) is 0. The van der Waals surface area contributed by atoms with Crippen molar-refractivity contribution < 1.29 is 4.79 Å². The number of carbonyl (C=O) groups is 1. The molecule has 2 aromatic carbocycles. The van der Waals surface area contributed by atoms with Gasteiger partial charge in [-0.15, -0.1) is 0 Å². The molecule has 20 heavy (non-hydrogen) atoms. The molecule has 1 N–H and O–H groups in total. The van der Waals surface area contributed by atoms with Crippen LogP contribution in [0.5, 0.6) is 0 Å². The van der Waals surface area contributed by atoms with E-state index in [1.54, 1.807) is 0 Å². The van der Waals surface area contributed by atoms with Crippen LogP contribution >= 0.6 is 31.9 Å². The van der Waals surface area contributed by atoms with Crippen LogP contribution in [0.3, 0.4) is 0 Å². The molecule has 104 valence electrons. The molecule has 0 aliphatic carbocycles. The second-order valence-corrected chi connectivity index (χ2v) is 6.46. The van der Waals surface area contributed by atoms with E-state index in [2.05, 4.69) is 37.2 Å². The normalized spacial score (nSPS) is 11.9. The number of nitrogens with one attached hydrogen (secondary N) is 1. The van der Waals surface area contributed by atoms with E-state index in [0.717, 1.165) is 15.6 Å². The lowest BCUT2D eigenvalue weighted by molar-refractivity contribution is 0.0953. The monoisotopic (exact) mass is 395 g/mol. The van der Waals surface area contributed by atoms with Gasteiger partial charge in [0.1, 0.15) is 0 Å². The molecule has 2 nitrogen and oxygen atoms in total. The maximum atomic E-state index is 12.2. The van der Waals surface area contributed by atoms with Gasteiger partial charge in [0, 0.05) is 16.6 Å². The van der Waals surface area contributed by atoms with E-state index in [9.17, 15) is 4.79 Å². The fourth-order valence-electron chi connectivity index (χ4n) is 1.91. The van der Waals surface area contributed by atoms with Crippen LogP contribution in [0.4, 0.5) is 0 Å². The second-order valence-electron chi connectivity index (χ2n) is 4.50. The first-order chi connectivity index (χ1) is 9.59. The number of alkyl halides is 1. The summed E-state index contributed by atoms with van der Waals surface area (Å²) < 4.78 is 0.948. The van der Waals surface area contributed by atoms with Crippen LogP contribution in [0.15, 0.2) is 53.0 Å². The van der Waals surface area contributed by atoms with Gasteiger partial charge in [-0.2, -0.15) is 0 Å². The molecular formula is C16H15Br2NO. The fraction of sp³-hybridized carbons (Fsp3) is 0.188. The summed E-state index contributed by atoms with van der Waals surface area (Å²) in [6.45, 7) is 2.48. The van der Waals surface area contributed by atoms with Crippen LogP contribution in [0.1, 0.15) is 26.3 Å². The van der Waals surface area contributed by atoms with E-state index in [0.29, 0.717) is 12.1 Å². The summed E-state index contributed by atoms with van der Waals surface area (Å²) in [5.41, 5.74) is 2.81. The number of carbonyl (C=O) groups excluding carboxylic acids is 1. The van der Waals surface area contributed by atoms with Crippen molar-refractivity contribution in [3.8, 4) is 0 Å². The molecule has 0 fully saturated rings. The standard InChI is InChI=1S/C16H15Br2NO/c1-11-13(8-5-9-14(11)17)16(20)19-10-15(18)12-6-3-2-4-7-12/h2-9,15H,10H2,1H3,(H,19,20). The molecule has 0 aliphatic heterocycles. The molecule has 0 aliphatic rings. The lowest BCUT2D eigenvalue weighted by atomic mass is 10.1. The van der Waals surface area contributed by atoms with Gasteiger partial charge in [0.15, 0.2) is 0 Å². The summed E-state index contributed by atoms with van der Waals surface area (Å²) in [5, 5.41) is 2.96. The second kappa shape index (κ2) is 7.04. The average Bonchev–Trinajstić information content (AvgIpc) is 2.48. The Labute approximate surface area is 135 Å². The van der Waals surface area contributed by atoms with E-state index < -0.39 is 0 Å². The van der Waals surface area contributed by atoms with E-state index in [1.165, 1.54) is 0 Å². The highest BCUT2D eigenvalue weighted by molar-refractivity contribution is 9.10. The van der Waals surface area contributed by atoms with Gasteiger partial charge in [0.25, 0.3) is 5.91 Å². The van der Waals surface area contributed by atoms with Crippen LogP contribution in [-0.4, -0.2) is 12.5 Å². The first-order valence-electron chi connectivity index (χ1n) is 6.32. The van der Waals surface area contributed by atoms with Gasteiger partial charge in [0.2, 0.25) is 0 Å². The molecule has 2 aromatic rings. The highest BCUT2D eigenvalue weighted by Crippen LogP contribution is 2.22. The van der Waals surface area contributed by atoms with Crippen molar-refractivity contribution in [2.75, 3.05) is 6.54 Å². The quantitative estimate of drug-likeness (QED) is 0.750. The van der Waals surface area contributed by atoms with E-state index in [-0.39, 0.29) is 10.7 Å². The topological polar surface area (TPSA) is 29.1 Å². The Morgan fingerprint density at radius 2 is 1.85 bits per heavy atom. The maximum Gasteiger partial charge on any atom is 0.251 e. The van der Waals surface area contributed by atoms with Crippen molar-refractivity contribution in [3.05, 3.63) is 69.7 Å². The minimum atomic E-state index is -0.0517. The Hall–Kier alpha value is -1.13. The van der Waals surface area contributed by atoms with Crippen LogP contribution in [0, 0.1) is 6.92 Å². The number of amides is 1. The van der Waals surface area contributed by atoms with Gasteiger partial charge in [-0.3, -0.25) is 4.79 Å². The molecule has 0 saturated heterocycles. The third kappa shape index (κ3) is 3.70. The molecule has 0 bridgehead atoms. The molecule has 0 radical (unpaired) electrons. The lowest BCUT2D eigenvalue weighted by Crippen LogP contribution is -2.27. The molecule has 2 rings (SSSR count). The maximum absolute atomic E-state index is 12.2. The van der Waals surface area contributed by atoms with Crippen molar-refractivity contribution in [3.63, 3.8) is 0 Å². The van der Waals surface area contributed by atoms with E-state index in [4.69, 9.17) is 0 Å². The van der Waals surface area contributed by atoms with Gasteiger partial charge in [-0.25, -0.2) is 0 Å². The number of hydrogen-bond acceptors (Lipinski definition) is 1. The third-order valence-corrected chi connectivity index (χ3v) is 4.83. The SMILES string of the molecule is Cc1c(Br)cccc1C(=O)NCC(Br)c1ccccc1. The minimum Gasteiger partial charge on any atom is -0.351 e. The van der Waals surface area contributed by atoms with Crippen LogP contribution < -0.4 is 5.32 Å². The molecule has 1 amide bonds. The van der Waals surface area contributed by atoms with Crippen molar-refractivity contribution in [2.45, 2.75) is 11.8 Å². The molecule has 4 heteroatoms. The predicted octanol–water partition coefficient (Wildman–Crippen LogP) is 4.62. The van der Waals surface area contributed by atoms with Crippen LogP contribution in [0.25, 0.3) is 0 Å². The molecule has 1 atom stereocenters. The van der Waals surface area contributed by atoms with Crippen LogP contribution in [-0.2, 0) is 0 Å². The highest BCUT2D eigenvalue weighted by atomic mass is 79.9.